The number of fused-ring (bicyclic) bond motifs is 5. The van der Waals surface area contributed by atoms with Crippen molar-refractivity contribution < 1.29 is 0 Å². The highest BCUT2D eigenvalue weighted by molar-refractivity contribution is 7.19. The Bertz CT molecular complexity index is 2180. The fourth-order valence-electron chi connectivity index (χ4n) is 4.89. The molecule has 3 heterocycles. The molecule has 0 spiro atoms. The second kappa shape index (κ2) is 10.4. The fourth-order valence-corrected chi connectivity index (χ4v) is 7.09. The predicted molar refractivity (Wildman–Crippen MR) is 173 cm³/mol. The molecule has 0 radical (unpaired) electrons. The first-order valence-corrected chi connectivity index (χ1v) is 15.1. The van der Waals surface area contributed by atoms with E-state index in [-0.39, 0.29) is 5.84 Å². The molecule has 0 unspecified atom stereocenters. The topological polar surface area (TPSA) is 95.3 Å². The molecule has 8 nitrogen and oxygen atoms in total. The van der Waals surface area contributed by atoms with Crippen LogP contribution < -0.4 is 4.90 Å². The highest BCUT2D eigenvalue weighted by atomic mass is 32.1. The highest BCUT2D eigenvalue weighted by Gasteiger charge is 2.22. The van der Waals surface area contributed by atoms with Gasteiger partial charge in [-0.15, -0.1) is 16.3 Å². The molecule has 42 heavy (non-hydrogen) atoms. The van der Waals surface area contributed by atoms with Crippen molar-refractivity contribution in [2.45, 2.75) is 13.8 Å². The average molecular weight is 599 g/mol. The summed E-state index contributed by atoms with van der Waals surface area (Å²) in [4.78, 5) is 10.8. The van der Waals surface area contributed by atoms with Gasteiger partial charge in [0.1, 0.15) is 27.6 Å². The van der Waals surface area contributed by atoms with Gasteiger partial charge in [0.2, 0.25) is 0 Å². The van der Waals surface area contributed by atoms with E-state index in [0.29, 0.717) is 16.7 Å². The van der Waals surface area contributed by atoms with Gasteiger partial charge in [-0.1, -0.05) is 42.0 Å². The third kappa shape index (κ3) is 4.37. The number of hydrogen-bond donors (Lipinski definition) is 0. The number of aliphatic imine (C=N–C) groups is 1. The van der Waals surface area contributed by atoms with Crippen LogP contribution in [0.5, 0.6) is 0 Å². The van der Waals surface area contributed by atoms with Crippen molar-refractivity contribution in [3.63, 3.8) is 0 Å². The third-order valence-electron chi connectivity index (χ3n) is 6.94. The Kier molecular flexibility index (Phi) is 6.40. The van der Waals surface area contributed by atoms with Crippen LogP contribution in [0.2, 0.25) is 0 Å². The van der Waals surface area contributed by atoms with Crippen LogP contribution in [0.4, 0.5) is 22.1 Å². The maximum atomic E-state index is 9.28. The minimum Gasteiger partial charge on any atom is -0.351 e. The van der Waals surface area contributed by atoms with Crippen molar-refractivity contribution in [2.24, 2.45) is 4.99 Å². The van der Waals surface area contributed by atoms with Crippen molar-refractivity contribution in [3.8, 4) is 16.5 Å². The van der Waals surface area contributed by atoms with E-state index in [2.05, 4.69) is 113 Å². The first-order valence-electron chi connectivity index (χ1n) is 12.8. The lowest BCUT2D eigenvalue weighted by molar-refractivity contribution is 1.29. The zero-order valence-electron chi connectivity index (χ0n) is 22.2. The van der Waals surface area contributed by atoms with E-state index in [0.717, 1.165) is 72.1 Å². The Morgan fingerprint density at radius 2 is 1.36 bits per heavy atom. The van der Waals surface area contributed by atoms with Gasteiger partial charge in [-0.2, -0.15) is 17.5 Å². The molecule has 0 aliphatic heterocycles. The number of benzene rings is 4. The molecular weight excluding hydrogens is 581 g/mol. The van der Waals surface area contributed by atoms with Gasteiger partial charge in [0.15, 0.2) is 11.2 Å². The van der Waals surface area contributed by atoms with E-state index in [9.17, 15) is 5.26 Å². The second-order valence-corrected chi connectivity index (χ2v) is 11.8. The summed E-state index contributed by atoms with van der Waals surface area (Å²) in [5, 5.41) is 12.0. The molecule has 0 atom stereocenters. The Morgan fingerprint density at radius 3 is 1.98 bits per heavy atom. The van der Waals surface area contributed by atoms with Crippen LogP contribution in [0.15, 0.2) is 77.8 Å². The zero-order valence-corrected chi connectivity index (χ0v) is 24.7. The maximum absolute atomic E-state index is 9.28. The Labute approximate surface area is 252 Å². The summed E-state index contributed by atoms with van der Waals surface area (Å²) < 4.78 is 18.3. The van der Waals surface area contributed by atoms with Gasteiger partial charge in [0, 0.05) is 38.7 Å². The summed E-state index contributed by atoms with van der Waals surface area (Å²) in [5.74, 6) is -0.259. The zero-order chi connectivity index (χ0) is 28.8. The first kappa shape index (κ1) is 25.9. The van der Waals surface area contributed by atoms with Gasteiger partial charge in [-0.3, -0.25) is 0 Å². The van der Waals surface area contributed by atoms with Gasteiger partial charge in [-0.05, 0) is 56.3 Å². The highest BCUT2D eigenvalue weighted by Crippen LogP contribution is 2.45. The van der Waals surface area contributed by atoms with Crippen molar-refractivity contribution in [1.82, 2.24) is 17.5 Å². The molecule has 0 fully saturated rings. The normalized spacial score (nSPS) is 11.7. The van der Waals surface area contributed by atoms with E-state index in [1.165, 1.54) is 11.1 Å². The molecule has 0 amide bonds. The van der Waals surface area contributed by atoms with Crippen molar-refractivity contribution in [1.29, 1.82) is 5.26 Å². The minimum absolute atomic E-state index is 0.259. The number of aromatic nitrogens is 4. The molecule has 0 saturated heterocycles. The predicted octanol–water partition coefficient (Wildman–Crippen LogP) is 9.14. The fraction of sp³-hybridized carbons (Fsp3) is 0.0645. The van der Waals surface area contributed by atoms with Crippen LogP contribution in [0.3, 0.4) is 0 Å². The van der Waals surface area contributed by atoms with Crippen LogP contribution in [0, 0.1) is 31.8 Å². The number of nitriles is 1. The van der Waals surface area contributed by atoms with Crippen LogP contribution in [-0.4, -0.2) is 23.3 Å². The van der Waals surface area contributed by atoms with Gasteiger partial charge < -0.3 is 9.74 Å². The molecule has 0 aliphatic carbocycles. The first-order chi connectivity index (χ1) is 20.5. The number of aryl methyl sites for hydroxylation is 2. The van der Waals surface area contributed by atoms with Crippen LogP contribution >= 0.6 is 34.8 Å². The van der Waals surface area contributed by atoms with E-state index in [4.69, 9.17) is 6.57 Å². The molecule has 200 valence electrons. The summed E-state index contributed by atoms with van der Waals surface area (Å²) in [6, 6.07) is 27.1. The number of nitrogens with zero attached hydrogens (tertiary/aromatic N) is 8. The van der Waals surface area contributed by atoms with Gasteiger partial charge in [0.05, 0.1) is 23.5 Å². The van der Waals surface area contributed by atoms with Crippen LogP contribution in [0.25, 0.3) is 48.1 Å². The summed E-state index contributed by atoms with van der Waals surface area (Å²) >= 11 is 3.90. The number of hydrogen-bond acceptors (Lipinski definition) is 10. The maximum Gasteiger partial charge on any atom is 0.349 e. The number of thiophene rings is 1. The summed E-state index contributed by atoms with van der Waals surface area (Å²) in [5.41, 5.74) is 8.67. The Balaban J connectivity index is 1.42. The Morgan fingerprint density at radius 1 is 0.786 bits per heavy atom. The van der Waals surface area contributed by atoms with E-state index in [1.807, 2.05) is 12.1 Å². The number of amidine groups is 1. The number of anilines is 3. The molecule has 7 aromatic rings. The van der Waals surface area contributed by atoms with Gasteiger partial charge in [-0.25, -0.2) is 5.26 Å². The molecule has 0 bridgehead atoms. The molecule has 7 rings (SSSR count). The van der Waals surface area contributed by atoms with Crippen molar-refractivity contribution in [2.75, 3.05) is 4.90 Å². The van der Waals surface area contributed by atoms with E-state index in [1.54, 1.807) is 11.3 Å². The molecule has 0 N–H and O–H groups in total. The van der Waals surface area contributed by atoms with Gasteiger partial charge >= 0.3 is 5.84 Å². The Hall–Kier alpha value is -5.07. The monoisotopic (exact) mass is 598 g/mol. The second-order valence-electron chi connectivity index (χ2n) is 9.64. The molecular formula is C31H18N8S3. The van der Waals surface area contributed by atoms with E-state index < -0.39 is 0 Å². The lowest BCUT2D eigenvalue weighted by Crippen LogP contribution is -2.08. The van der Waals surface area contributed by atoms with Crippen LogP contribution in [-0.2, 0) is 0 Å². The molecule has 11 heteroatoms. The van der Waals surface area contributed by atoms with E-state index >= 15 is 0 Å². The molecule has 0 aliphatic rings. The average Bonchev–Trinajstić information content (AvgIpc) is 3.79. The summed E-state index contributed by atoms with van der Waals surface area (Å²) in [7, 11) is 0. The third-order valence-corrected chi connectivity index (χ3v) is 9.10. The van der Waals surface area contributed by atoms with Crippen molar-refractivity contribution >= 4 is 95.5 Å². The smallest absolute Gasteiger partial charge is 0.349 e. The molecule has 3 aromatic heterocycles. The minimum atomic E-state index is -0.259. The standard InChI is InChI=1S/C31H18N8S3/c1-17-4-8-19(9-5-17)39(20-10-6-18(2)7-11-20)27-13-12-25(40-27)23-14-21-22(28-30(23)37-41-35-28)15-24(34-26(16-32)33-3)31-29(21)36-42-38-31/h4-15H,1-2H3. The van der Waals surface area contributed by atoms with Crippen LogP contribution in [0.1, 0.15) is 11.1 Å². The lowest BCUT2D eigenvalue weighted by Gasteiger charge is -2.24. The molecule has 0 saturated carbocycles. The summed E-state index contributed by atoms with van der Waals surface area (Å²) in [6.07, 6.45) is 0. The SMILES string of the molecule is [C-]#[N+]C(C#N)=Nc1cc2c(cc(-c3ccc(N(c4ccc(C)cc4)c4ccc(C)cc4)s3)c3nsnc32)c2nsnc12. The quantitative estimate of drug-likeness (QED) is 0.111. The molecule has 4 aromatic carbocycles. The largest absolute Gasteiger partial charge is 0.351 e. The number of rotatable bonds is 5. The van der Waals surface area contributed by atoms with Gasteiger partial charge in [0.25, 0.3) is 0 Å². The van der Waals surface area contributed by atoms with Crippen molar-refractivity contribution in [3.05, 3.63) is 95.3 Å². The lowest BCUT2D eigenvalue weighted by atomic mass is 10.0. The summed E-state index contributed by atoms with van der Waals surface area (Å²) in [6.45, 7) is 11.4.